The number of thioether (sulfide) groups is 1. The summed E-state index contributed by atoms with van der Waals surface area (Å²) in [5.41, 5.74) is 3.51. The molecule has 1 N–H and O–H groups in total. The van der Waals surface area contributed by atoms with Crippen LogP contribution in [0.15, 0.2) is 35.5 Å². The second-order valence-corrected chi connectivity index (χ2v) is 7.07. The van der Waals surface area contributed by atoms with Crippen LogP contribution in [0.3, 0.4) is 0 Å². The number of rotatable bonds is 6. The molecule has 0 fully saturated rings. The van der Waals surface area contributed by atoms with Crippen LogP contribution in [-0.2, 0) is 7.05 Å². The lowest BCUT2D eigenvalue weighted by atomic mass is 10.1. The van der Waals surface area contributed by atoms with E-state index in [9.17, 15) is 9.59 Å². The van der Waals surface area contributed by atoms with Crippen molar-refractivity contribution in [2.45, 2.75) is 25.9 Å². The van der Waals surface area contributed by atoms with Crippen LogP contribution in [0.5, 0.6) is 0 Å². The minimum absolute atomic E-state index is 0.0382. The number of carbonyl (C=O) groups is 2. The van der Waals surface area contributed by atoms with E-state index in [0.717, 1.165) is 17.1 Å². The maximum atomic E-state index is 12.6. The number of carbonyl (C=O) groups excluding carboxylic acids is 2. The molecule has 3 aromatic rings. The highest BCUT2D eigenvalue weighted by Crippen LogP contribution is 2.24. The second kappa shape index (κ2) is 7.29. The van der Waals surface area contributed by atoms with Crippen LogP contribution in [0.1, 0.15) is 39.0 Å². The van der Waals surface area contributed by atoms with Crippen molar-refractivity contribution in [1.29, 1.82) is 0 Å². The number of Topliss-reactive ketones (excluding diaryl/α,β-unsaturated/α-hetero) is 2. The number of H-pyrrole nitrogens is 1. The lowest BCUT2D eigenvalue weighted by Crippen LogP contribution is -2.06. The molecule has 6 nitrogen and oxygen atoms in total. The average molecular weight is 368 g/mol. The molecule has 1 aromatic carbocycles. The Morgan fingerprint density at radius 3 is 2.46 bits per heavy atom. The van der Waals surface area contributed by atoms with E-state index < -0.39 is 0 Å². The Bertz CT molecular complexity index is 973. The quantitative estimate of drug-likeness (QED) is 0.531. The van der Waals surface area contributed by atoms with Gasteiger partial charge in [-0.15, -0.1) is 10.2 Å². The zero-order valence-electron chi connectivity index (χ0n) is 15.2. The predicted molar refractivity (Wildman–Crippen MR) is 102 cm³/mol. The molecule has 0 aliphatic carbocycles. The van der Waals surface area contributed by atoms with E-state index in [1.54, 1.807) is 6.92 Å². The van der Waals surface area contributed by atoms with Gasteiger partial charge < -0.3 is 9.55 Å². The molecule has 3 rings (SSSR count). The third kappa shape index (κ3) is 3.35. The number of hydrogen-bond donors (Lipinski definition) is 1. The molecular weight excluding hydrogens is 348 g/mol. The van der Waals surface area contributed by atoms with Crippen LogP contribution in [0, 0.1) is 13.8 Å². The van der Waals surface area contributed by atoms with Crippen molar-refractivity contribution in [2.24, 2.45) is 7.05 Å². The van der Waals surface area contributed by atoms with Crippen molar-refractivity contribution in [2.75, 3.05) is 5.75 Å². The fourth-order valence-electron chi connectivity index (χ4n) is 3.04. The molecule has 0 unspecified atom stereocenters. The van der Waals surface area contributed by atoms with Crippen molar-refractivity contribution in [3.63, 3.8) is 0 Å². The Morgan fingerprint density at radius 1 is 1.15 bits per heavy atom. The number of aromatic nitrogens is 4. The molecule has 134 valence electrons. The van der Waals surface area contributed by atoms with Gasteiger partial charge in [0, 0.05) is 23.9 Å². The van der Waals surface area contributed by atoms with Crippen LogP contribution in [-0.4, -0.2) is 37.1 Å². The van der Waals surface area contributed by atoms with Crippen molar-refractivity contribution in [3.8, 4) is 11.4 Å². The second-order valence-electron chi connectivity index (χ2n) is 6.12. The van der Waals surface area contributed by atoms with Crippen molar-refractivity contribution < 1.29 is 9.59 Å². The van der Waals surface area contributed by atoms with E-state index in [1.807, 2.05) is 48.9 Å². The Morgan fingerprint density at radius 2 is 1.85 bits per heavy atom. The molecule has 0 radical (unpaired) electrons. The van der Waals surface area contributed by atoms with Crippen molar-refractivity contribution in [1.82, 2.24) is 19.7 Å². The SMILES string of the molecule is CC(=O)c1c(C)[nH]c(C(=O)CSc2nnc(-c3ccccc3)n2C)c1C. The molecular formula is C19H20N4O2S. The molecule has 0 aliphatic rings. The number of aromatic amines is 1. The first-order chi connectivity index (χ1) is 12.4. The first-order valence-electron chi connectivity index (χ1n) is 8.21. The van der Waals surface area contributed by atoms with Gasteiger partial charge in [0.1, 0.15) is 0 Å². The molecule has 26 heavy (non-hydrogen) atoms. The minimum Gasteiger partial charge on any atom is -0.355 e. The molecule has 7 heteroatoms. The highest BCUT2D eigenvalue weighted by atomic mass is 32.2. The van der Waals surface area contributed by atoms with Crippen molar-refractivity contribution >= 4 is 23.3 Å². The predicted octanol–water partition coefficient (Wildman–Crippen LogP) is 3.60. The highest BCUT2D eigenvalue weighted by Gasteiger charge is 2.20. The van der Waals surface area contributed by atoms with E-state index >= 15 is 0 Å². The lowest BCUT2D eigenvalue weighted by molar-refractivity contribution is 0.101. The van der Waals surface area contributed by atoms with Crippen LogP contribution >= 0.6 is 11.8 Å². The standard InChI is InChI=1S/C19H20N4O2S/c1-11-16(13(3)24)12(2)20-17(11)15(25)10-26-19-22-21-18(23(19)4)14-8-6-5-7-9-14/h5-9,20H,10H2,1-4H3. The third-order valence-electron chi connectivity index (χ3n) is 4.27. The van der Waals surface area contributed by atoms with E-state index in [0.29, 0.717) is 22.0 Å². The summed E-state index contributed by atoms with van der Waals surface area (Å²) in [6.45, 7) is 5.12. The largest absolute Gasteiger partial charge is 0.355 e. The molecule has 0 aliphatic heterocycles. The molecule has 0 spiro atoms. The molecule has 0 atom stereocenters. The number of hydrogen-bond acceptors (Lipinski definition) is 5. The summed E-state index contributed by atoms with van der Waals surface area (Å²) in [5, 5.41) is 9.09. The van der Waals surface area contributed by atoms with Crippen LogP contribution in [0.4, 0.5) is 0 Å². The summed E-state index contributed by atoms with van der Waals surface area (Å²) in [6.07, 6.45) is 0. The van der Waals surface area contributed by atoms with E-state index in [4.69, 9.17) is 0 Å². The van der Waals surface area contributed by atoms with E-state index in [1.165, 1.54) is 18.7 Å². The molecule has 2 aromatic heterocycles. The highest BCUT2D eigenvalue weighted by molar-refractivity contribution is 7.99. The summed E-state index contributed by atoms with van der Waals surface area (Å²) in [7, 11) is 1.88. The van der Waals surface area contributed by atoms with E-state index in [2.05, 4.69) is 15.2 Å². The summed E-state index contributed by atoms with van der Waals surface area (Å²) in [4.78, 5) is 27.4. The Hall–Kier alpha value is -2.67. The zero-order chi connectivity index (χ0) is 18.8. The van der Waals surface area contributed by atoms with Crippen LogP contribution < -0.4 is 0 Å². The summed E-state index contributed by atoms with van der Waals surface area (Å²) < 4.78 is 1.88. The van der Waals surface area contributed by atoms with Crippen molar-refractivity contribution in [3.05, 3.63) is 52.8 Å². The van der Waals surface area contributed by atoms with E-state index in [-0.39, 0.29) is 17.3 Å². The fourth-order valence-corrected chi connectivity index (χ4v) is 3.82. The van der Waals surface area contributed by atoms with Crippen LogP contribution in [0.2, 0.25) is 0 Å². The fraction of sp³-hybridized carbons (Fsp3) is 0.263. The maximum absolute atomic E-state index is 12.6. The van der Waals surface area contributed by atoms with Gasteiger partial charge in [0.25, 0.3) is 0 Å². The van der Waals surface area contributed by atoms with Gasteiger partial charge in [0.05, 0.1) is 11.4 Å². The topological polar surface area (TPSA) is 80.6 Å². The van der Waals surface area contributed by atoms with Gasteiger partial charge >= 0.3 is 0 Å². The monoisotopic (exact) mass is 368 g/mol. The van der Waals surface area contributed by atoms with Crippen LogP contribution in [0.25, 0.3) is 11.4 Å². The molecule has 0 saturated heterocycles. The summed E-state index contributed by atoms with van der Waals surface area (Å²) >= 11 is 1.33. The van der Waals surface area contributed by atoms with Gasteiger partial charge in [-0.3, -0.25) is 9.59 Å². The van der Waals surface area contributed by atoms with Gasteiger partial charge in [0.15, 0.2) is 22.5 Å². The van der Waals surface area contributed by atoms with Gasteiger partial charge in [-0.1, -0.05) is 42.1 Å². The lowest BCUT2D eigenvalue weighted by Gasteiger charge is -2.04. The molecule has 0 bridgehead atoms. The maximum Gasteiger partial charge on any atom is 0.191 e. The summed E-state index contributed by atoms with van der Waals surface area (Å²) in [6, 6.07) is 9.78. The molecule has 0 amide bonds. The Kier molecular flexibility index (Phi) is 5.08. The zero-order valence-corrected chi connectivity index (χ0v) is 16.0. The van der Waals surface area contributed by atoms with Gasteiger partial charge in [-0.25, -0.2) is 0 Å². The number of benzene rings is 1. The average Bonchev–Trinajstić information content (AvgIpc) is 3.13. The first kappa shape index (κ1) is 18.1. The smallest absolute Gasteiger partial charge is 0.191 e. The van der Waals surface area contributed by atoms with Gasteiger partial charge in [-0.05, 0) is 26.3 Å². The molecule has 0 saturated carbocycles. The Labute approximate surface area is 156 Å². The summed E-state index contributed by atoms with van der Waals surface area (Å²) in [5.74, 6) is 0.876. The first-order valence-corrected chi connectivity index (χ1v) is 9.19. The minimum atomic E-state index is -0.0626. The third-order valence-corrected chi connectivity index (χ3v) is 5.29. The van der Waals surface area contributed by atoms with Gasteiger partial charge in [0.2, 0.25) is 0 Å². The number of nitrogens with one attached hydrogen (secondary N) is 1. The number of ketones is 2. The Balaban J connectivity index is 1.76. The van der Waals surface area contributed by atoms with Gasteiger partial charge in [-0.2, -0.15) is 0 Å². The number of nitrogens with zero attached hydrogens (tertiary/aromatic N) is 3. The normalized spacial score (nSPS) is 10.9. The molecule has 2 heterocycles. The number of aryl methyl sites for hydroxylation is 1.